The number of hydrogen-bond acceptors (Lipinski definition) is 5. The lowest BCUT2D eigenvalue weighted by molar-refractivity contribution is -0.141. The number of carbonyl (C=O) groups is 2. The lowest BCUT2D eigenvalue weighted by Gasteiger charge is -2.22. The van der Waals surface area contributed by atoms with E-state index < -0.39 is 50.9 Å². The van der Waals surface area contributed by atoms with E-state index in [0.29, 0.717) is 0 Å². The summed E-state index contributed by atoms with van der Waals surface area (Å²) in [6.07, 6.45) is -1.19. The molecule has 2 atom stereocenters. The molecule has 1 aromatic carbocycles. The van der Waals surface area contributed by atoms with Gasteiger partial charge in [0.15, 0.2) is 0 Å². The van der Waals surface area contributed by atoms with Crippen LogP contribution in [0.25, 0.3) is 0 Å². The fraction of sp³-hybridized carbons (Fsp3) is 0.385. The standard InChI is InChI=1S/C13H14Cl2FN3O6S/c14-5-26(24,25)18-9-3-10(8(16)2-7(9)15)17-13(23)19-4-6(20)1-11(19)12(21)22/h2-3,6,11,18,20H,1,4-5H2,(H,17,23)(H,21,22)/t6?,11-/m1/s1. The Hall–Kier alpha value is -1.82. The van der Waals surface area contributed by atoms with Crippen LogP contribution in [0.1, 0.15) is 6.42 Å². The molecule has 0 aliphatic carbocycles. The fourth-order valence-corrected chi connectivity index (χ4v) is 3.35. The van der Waals surface area contributed by atoms with Crippen LogP contribution in [0.2, 0.25) is 5.02 Å². The second-order valence-corrected chi connectivity index (χ2v) is 8.18. The third-order valence-electron chi connectivity index (χ3n) is 3.53. The number of nitrogens with zero attached hydrogens (tertiary/aromatic N) is 1. The predicted molar refractivity (Wildman–Crippen MR) is 92.4 cm³/mol. The number of aliphatic carboxylic acids is 1. The first-order valence-electron chi connectivity index (χ1n) is 7.08. The van der Waals surface area contributed by atoms with Crippen molar-refractivity contribution in [3.05, 3.63) is 23.0 Å². The summed E-state index contributed by atoms with van der Waals surface area (Å²) in [5, 5.41) is 19.8. The number of carboxylic acid groups (broad SMARTS) is 1. The van der Waals surface area contributed by atoms with Crippen LogP contribution in [0.4, 0.5) is 20.6 Å². The van der Waals surface area contributed by atoms with Gasteiger partial charge in [0.25, 0.3) is 0 Å². The molecule has 0 spiro atoms. The highest BCUT2D eigenvalue weighted by Crippen LogP contribution is 2.30. The van der Waals surface area contributed by atoms with Crippen LogP contribution in [0.5, 0.6) is 0 Å². The number of alkyl halides is 1. The number of amides is 2. The quantitative estimate of drug-likeness (QED) is 0.523. The average molecular weight is 430 g/mol. The van der Waals surface area contributed by atoms with Crippen LogP contribution in [0, 0.1) is 5.82 Å². The Morgan fingerprint density at radius 2 is 2.00 bits per heavy atom. The number of carboxylic acids is 1. The van der Waals surface area contributed by atoms with Gasteiger partial charge >= 0.3 is 12.0 Å². The van der Waals surface area contributed by atoms with Gasteiger partial charge in [0, 0.05) is 13.0 Å². The van der Waals surface area contributed by atoms with Gasteiger partial charge in [0.05, 0.1) is 22.5 Å². The summed E-state index contributed by atoms with van der Waals surface area (Å²) < 4.78 is 39.1. The molecule has 1 fully saturated rings. The first-order valence-corrected chi connectivity index (χ1v) is 9.64. The molecule has 0 bridgehead atoms. The number of urea groups is 1. The van der Waals surface area contributed by atoms with Crippen LogP contribution in [-0.2, 0) is 14.8 Å². The molecule has 1 aromatic rings. The molecule has 0 saturated carbocycles. The van der Waals surface area contributed by atoms with Gasteiger partial charge in [-0.15, -0.1) is 11.6 Å². The minimum absolute atomic E-state index is 0.160. The topological polar surface area (TPSA) is 136 Å². The zero-order valence-electron chi connectivity index (χ0n) is 12.9. The van der Waals surface area contributed by atoms with Crippen molar-refractivity contribution in [1.82, 2.24) is 4.90 Å². The molecule has 13 heteroatoms. The maximum Gasteiger partial charge on any atom is 0.326 e. The van der Waals surface area contributed by atoms with Crippen molar-refractivity contribution in [3.63, 3.8) is 0 Å². The van der Waals surface area contributed by atoms with Crippen LogP contribution in [0.3, 0.4) is 0 Å². The number of carbonyl (C=O) groups excluding carboxylic acids is 1. The summed E-state index contributed by atoms with van der Waals surface area (Å²) in [6, 6.07) is -0.533. The largest absolute Gasteiger partial charge is 0.480 e. The van der Waals surface area contributed by atoms with Gasteiger partial charge in [0.1, 0.15) is 17.1 Å². The Morgan fingerprint density at radius 1 is 1.35 bits per heavy atom. The highest BCUT2D eigenvalue weighted by molar-refractivity contribution is 7.93. The SMILES string of the molecule is O=C(O)[C@H]1CC(O)CN1C(=O)Nc1cc(NS(=O)(=O)CCl)c(Cl)cc1F. The zero-order chi connectivity index (χ0) is 19.6. The van der Waals surface area contributed by atoms with Gasteiger partial charge in [-0.3, -0.25) is 4.72 Å². The summed E-state index contributed by atoms with van der Waals surface area (Å²) in [5.74, 6) is -2.28. The van der Waals surface area contributed by atoms with Crippen LogP contribution in [0.15, 0.2) is 12.1 Å². The van der Waals surface area contributed by atoms with Crippen LogP contribution in [-0.4, -0.2) is 59.4 Å². The first-order chi connectivity index (χ1) is 12.0. The smallest absolute Gasteiger partial charge is 0.326 e. The van der Waals surface area contributed by atoms with Gasteiger partial charge < -0.3 is 20.4 Å². The van der Waals surface area contributed by atoms with E-state index in [9.17, 15) is 27.5 Å². The Morgan fingerprint density at radius 3 is 2.58 bits per heavy atom. The molecular formula is C13H14Cl2FN3O6S. The Kier molecular flexibility index (Phi) is 6.17. The zero-order valence-corrected chi connectivity index (χ0v) is 15.3. The van der Waals surface area contributed by atoms with Crippen LogP contribution >= 0.6 is 23.2 Å². The van der Waals surface area contributed by atoms with Gasteiger partial charge in [-0.25, -0.2) is 22.4 Å². The average Bonchev–Trinajstić information content (AvgIpc) is 2.94. The number of nitrogens with one attached hydrogen (secondary N) is 2. The first kappa shape index (κ1) is 20.5. The molecule has 2 rings (SSSR count). The minimum Gasteiger partial charge on any atom is -0.480 e. The molecule has 1 heterocycles. The van der Waals surface area contributed by atoms with E-state index in [-0.39, 0.29) is 23.7 Å². The van der Waals surface area contributed by atoms with E-state index in [1.54, 1.807) is 0 Å². The number of hydrogen-bond donors (Lipinski definition) is 4. The lowest BCUT2D eigenvalue weighted by Crippen LogP contribution is -2.43. The van der Waals surface area contributed by atoms with E-state index in [2.05, 4.69) is 5.32 Å². The second kappa shape index (κ2) is 7.82. The fourth-order valence-electron chi connectivity index (χ4n) is 2.38. The Bertz CT molecular complexity index is 837. The number of aliphatic hydroxyl groups excluding tert-OH is 1. The molecule has 2 amide bonds. The molecule has 144 valence electrons. The van der Waals surface area contributed by atoms with Gasteiger partial charge in [-0.2, -0.15) is 0 Å². The van der Waals surface area contributed by atoms with Crippen molar-refractivity contribution in [2.45, 2.75) is 18.6 Å². The Labute approximate surface area is 157 Å². The highest BCUT2D eigenvalue weighted by atomic mass is 35.5. The number of benzene rings is 1. The molecule has 1 unspecified atom stereocenters. The van der Waals surface area contributed by atoms with Crippen LogP contribution < -0.4 is 10.0 Å². The third-order valence-corrected chi connectivity index (χ3v) is 5.53. The van der Waals surface area contributed by atoms with E-state index in [1.165, 1.54) is 0 Å². The molecule has 4 N–H and O–H groups in total. The number of aliphatic hydroxyl groups is 1. The Balaban J connectivity index is 2.26. The van der Waals surface area contributed by atoms with Crippen molar-refractivity contribution in [2.75, 3.05) is 21.8 Å². The molecule has 0 aromatic heterocycles. The summed E-state index contributed by atoms with van der Waals surface area (Å²) in [6.45, 7) is -0.246. The maximum absolute atomic E-state index is 14.0. The van der Waals surface area contributed by atoms with Crippen molar-refractivity contribution >= 4 is 56.6 Å². The van der Waals surface area contributed by atoms with Crippen molar-refractivity contribution in [2.24, 2.45) is 0 Å². The van der Waals surface area contributed by atoms with Crippen molar-refractivity contribution in [3.8, 4) is 0 Å². The van der Waals surface area contributed by atoms with Crippen molar-refractivity contribution in [1.29, 1.82) is 0 Å². The molecule has 26 heavy (non-hydrogen) atoms. The molecule has 0 radical (unpaired) electrons. The third kappa shape index (κ3) is 4.67. The monoisotopic (exact) mass is 429 g/mol. The molecule has 1 saturated heterocycles. The summed E-state index contributed by atoms with van der Waals surface area (Å²) in [7, 11) is -3.92. The van der Waals surface area contributed by atoms with Gasteiger partial charge in [-0.1, -0.05) is 11.6 Å². The van der Waals surface area contributed by atoms with E-state index >= 15 is 0 Å². The van der Waals surface area contributed by atoms with Crippen molar-refractivity contribution < 1.29 is 32.6 Å². The number of anilines is 2. The number of halogens is 3. The van der Waals surface area contributed by atoms with E-state index in [1.807, 2.05) is 4.72 Å². The summed E-state index contributed by atoms with van der Waals surface area (Å²) in [4.78, 5) is 24.2. The van der Waals surface area contributed by atoms with Gasteiger partial charge in [-0.05, 0) is 12.1 Å². The number of likely N-dealkylation sites (tertiary alicyclic amines) is 1. The second-order valence-electron chi connectivity index (χ2n) is 5.46. The normalized spacial score (nSPS) is 20.1. The van der Waals surface area contributed by atoms with E-state index in [0.717, 1.165) is 17.0 Å². The minimum atomic E-state index is -3.92. The predicted octanol–water partition coefficient (Wildman–Crippen LogP) is 1.47. The molecular weight excluding hydrogens is 416 g/mol. The van der Waals surface area contributed by atoms with E-state index in [4.69, 9.17) is 28.3 Å². The number of β-amino-alcohol motifs (C(OH)–C–C–N with tert-alkyl or cyclic N) is 1. The number of sulfonamides is 1. The summed E-state index contributed by atoms with van der Waals surface area (Å²) >= 11 is 11.0. The maximum atomic E-state index is 14.0. The van der Waals surface area contributed by atoms with Gasteiger partial charge in [0.2, 0.25) is 10.0 Å². The number of rotatable bonds is 5. The molecule has 1 aliphatic heterocycles. The molecule has 1 aliphatic rings. The summed E-state index contributed by atoms with van der Waals surface area (Å²) in [5.41, 5.74) is -0.655. The molecule has 9 nitrogen and oxygen atoms in total. The lowest BCUT2D eigenvalue weighted by atomic mass is 10.2. The highest BCUT2D eigenvalue weighted by Gasteiger charge is 2.39.